The quantitative estimate of drug-likeness (QED) is 0.690. The predicted octanol–water partition coefficient (Wildman–Crippen LogP) is 2.31. The summed E-state index contributed by atoms with van der Waals surface area (Å²) in [7, 11) is 0. The lowest BCUT2D eigenvalue weighted by Crippen LogP contribution is -1.98. The molecule has 2 heterocycles. The topological polar surface area (TPSA) is 56.7 Å². The Hall–Kier alpha value is -2.36. The summed E-state index contributed by atoms with van der Waals surface area (Å²) in [5.41, 5.74) is 8.83. The fraction of sp³-hybridized carbons (Fsp3) is 0.0769. The number of aryl methyl sites for hydroxylation is 1. The Morgan fingerprint density at radius 2 is 2.06 bits per heavy atom. The van der Waals surface area contributed by atoms with Crippen molar-refractivity contribution in [1.82, 2.24) is 14.8 Å². The van der Waals surface area contributed by atoms with E-state index in [0.717, 1.165) is 16.7 Å². The molecule has 0 saturated carbocycles. The largest absolute Gasteiger partial charge is 0.382 e. The van der Waals surface area contributed by atoms with E-state index in [2.05, 4.69) is 16.1 Å². The van der Waals surface area contributed by atoms with Gasteiger partial charge in [-0.25, -0.2) is 9.67 Å². The second kappa shape index (κ2) is 3.59. The SMILES string of the molecule is Cc1cccc(-n2nc(N)c3cccnc32)c1. The van der Waals surface area contributed by atoms with Gasteiger partial charge >= 0.3 is 0 Å². The van der Waals surface area contributed by atoms with Gasteiger partial charge in [0.1, 0.15) is 0 Å². The van der Waals surface area contributed by atoms with E-state index in [0.29, 0.717) is 5.82 Å². The third-order valence-corrected chi connectivity index (χ3v) is 2.72. The molecule has 1 aromatic carbocycles. The number of nitrogens with zero attached hydrogens (tertiary/aromatic N) is 3. The number of aromatic nitrogens is 3. The van der Waals surface area contributed by atoms with E-state index in [4.69, 9.17) is 5.73 Å². The molecule has 4 nitrogen and oxygen atoms in total. The monoisotopic (exact) mass is 224 g/mol. The average molecular weight is 224 g/mol. The second-order valence-corrected chi connectivity index (χ2v) is 4.01. The Morgan fingerprint density at radius 1 is 1.18 bits per heavy atom. The summed E-state index contributed by atoms with van der Waals surface area (Å²) in [5, 5.41) is 5.22. The van der Waals surface area contributed by atoms with Gasteiger partial charge in [0.2, 0.25) is 0 Å². The Balaban J connectivity index is 2.31. The molecule has 0 radical (unpaired) electrons. The molecule has 17 heavy (non-hydrogen) atoms. The predicted molar refractivity (Wildman–Crippen MR) is 68.0 cm³/mol. The van der Waals surface area contributed by atoms with Crippen LogP contribution in [0.5, 0.6) is 0 Å². The molecule has 2 aromatic heterocycles. The van der Waals surface area contributed by atoms with E-state index in [1.807, 2.05) is 37.3 Å². The minimum atomic E-state index is 0.509. The maximum Gasteiger partial charge on any atom is 0.165 e. The summed E-state index contributed by atoms with van der Waals surface area (Å²) in [4.78, 5) is 4.33. The molecule has 0 aliphatic rings. The molecule has 0 amide bonds. The number of hydrogen-bond acceptors (Lipinski definition) is 3. The van der Waals surface area contributed by atoms with Crippen LogP contribution in [0.25, 0.3) is 16.7 Å². The zero-order chi connectivity index (χ0) is 11.8. The molecule has 0 fully saturated rings. The highest BCUT2D eigenvalue weighted by atomic mass is 15.3. The molecule has 0 aliphatic carbocycles. The number of rotatable bonds is 1. The van der Waals surface area contributed by atoms with E-state index in [1.54, 1.807) is 10.9 Å². The molecular formula is C13H12N4. The van der Waals surface area contributed by atoms with Gasteiger partial charge < -0.3 is 5.73 Å². The zero-order valence-corrected chi connectivity index (χ0v) is 9.46. The van der Waals surface area contributed by atoms with Crippen LogP contribution in [0.3, 0.4) is 0 Å². The normalized spacial score (nSPS) is 10.9. The van der Waals surface area contributed by atoms with Gasteiger partial charge in [-0.1, -0.05) is 12.1 Å². The van der Waals surface area contributed by atoms with Crippen LogP contribution in [0.15, 0.2) is 42.6 Å². The van der Waals surface area contributed by atoms with E-state index in [1.165, 1.54) is 5.56 Å². The minimum Gasteiger partial charge on any atom is -0.382 e. The van der Waals surface area contributed by atoms with Gasteiger partial charge in [0.05, 0.1) is 11.1 Å². The van der Waals surface area contributed by atoms with Crippen molar-refractivity contribution in [2.24, 2.45) is 0 Å². The second-order valence-electron chi connectivity index (χ2n) is 4.01. The van der Waals surface area contributed by atoms with Crippen LogP contribution >= 0.6 is 0 Å². The lowest BCUT2D eigenvalue weighted by Gasteiger charge is -2.03. The van der Waals surface area contributed by atoms with Gasteiger partial charge in [-0.3, -0.25) is 0 Å². The van der Waals surface area contributed by atoms with E-state index >= 15 is 0 Å². The molecule has 2 N–H and O–H groups in total. The Labute approximate surface area is 98.7 Å². The van der Waals surface area contributed by atoms with Crippen LogP contribution < -0.4 is 5.73 Å². The maximum absolute atomic E-state index is 5.88. The smallest absolute Gasteiger partial charge is 0.165 e. The van der Waals surface area contributed by atoms with Gasteiger partial charge in [-0.2, -0.15) is 0 Å². The van der Waals surface area contributed by atoms with Crippen LogP contribution in [0.2, 0.25) is 0 Å². The summed E-state index contributed by atoms with van der Waals surface area (Å²) in [6.45, 7) is 2.05. The number of nitrogens with two attached hydrogens (primary N) is 1. The molecule has 3 rings (SSSR count). The van der Waals surface area contributed by atoms with E-state index < -0.39 is 0 Å². The van der Waals surface area contributed by atoms with Gasteiger partial charge in [-0.05, 0) is 36.8 Å². The molecule has 0 unspecified atom stereocenters. The molecule has 0 spiro atoms. The molecule has 84 valence electrons. The highest BCUT2D eigenvalue weighted by molar-refractivity contribution is 5.87. The minimum absolute atomic E-state index is 0.509. The fourth-order valence-electron chi connectivity index (χ4n) is 1.91. The Kier molecular flexibility index (Phi) is 2.08. The Morgan fingerprint density at radius 3 is 2.88 bits per heavy atom. The number of hydrogen-bond donors (Lipinski definition) is 1. The van der Waals surface area contributed by atoms with Crippen LogP contribution in [0.4, 0.5) is 5.82 Å². The highest BCUT2D eigenvalue weighted by Crippen LogP contribution is 2.21. The summed E-state index contributed by atoms with van der Waals surface area (Å²) < 4.78 is 1.78. The lowest BCUT2D eigenvalue weighted by atomic mass is 10.2. The molecule has 0 bridgehead atoms. The first kappa shape index (κ1) is 9.84. The van der Waals surface area contributed by atoms with Gasteiger partial charge in [-0.15, -0.1) is 5.10 Å². The lowest BCUT2D eigenvalue weighted by molar-refractivity contribution is 0.901. The number of nitrogen functional groups attached to an aromatic ring is 1. The third-order valence-electron chi connectivity index (χ3n) is 2.72. The number of fused-ring (bicyclic) bond motifs is 1. The van der Waals surface area contributed by atoms with E-state index in [9.17, 15) is 0 Å². The van der Waals surface area contributed by atoms with E-state index in [-0.39, 0.29) is 0 Å². The van der Waals surface area contributed by atoms with Crippen molar-refractivity contribution in [3.63, 3.8) is 0 Å². The van der Waals surface area contributed by atoms with Crippen molar-refractivity contribution in [1.29, 1.82) is 0 Å². The molecule has 0 saturated heterocycles. The highest BCUT2D eigenvalue weighted by Gasteiger charge is 2.09. The van der Waals surface area contributed by atoms with Gasteiger partial charge in [0.15, 0.2) is 11.5 Å². The van der Waals surface area contributed by atoms with Crippen molar-refractivity contribution in [2.75, 3.05) is 5.73 Å². The molecule has 3 aromatic rings. The Bertz CT molecular complexity index is 685. The maximum atomic E-state index is 5.88. The average Bonchev–Trinajstić information content (AvgIpc) is 2.68. The van der Waals surface area contributed by atoms with Crippen molar-refractivity contribution >= 4 is 16.9 Å². The van der Waals surface area contributed by atoms with Crippen molar-refractivity contribution in [3.8, 4) is 5.69 Å². The third kappa shape index (κ3) is 1.54. The first-order valence-electron chi connectivity index (χ1n) is 5.42. The van der Waals surface area contributed by atoms with Crippen molar-refractivity contribution in [3.05, 3.63) is 48.2 Å². The summed E-state index contributed by atoms with van der Waals surface area (Å²) in [6, 6.07) is 11.9. The summed E-state index contributed by atoms with van der Waals surface area (Å²) >= 11 is 0. The van der Waals surface area contributed by atoms with Crippen molar-refractivity contribution < 1.29 is 0 Å². The summed E-state index contributed by atoms with van der Waals surface area (Å²) in [6.07, 6.45) is 1.75. The number of anilines is 1. The summed E-state index contributed by atoms with van der Waals surface area (Å²) in [5.74, 6) is 0.509. The first-order valence-corrected chi connectivity index (χ1v) is 5.42. The van der Waals surface area contributed by atoms with Gasteiger partial charge in [0.25, 0.3) is 0 Å². The van der Waals surface area contributed by atoms with Crippen LogP contribution in [-0.4, -0.2) is 14.8 Å². The standard InChI is InChI=1S/C13H12N4/c1-9-4-2-5-10(8-9)17-13-11(12(14)16-17)6-3-7-15-13/h2-8H,1H3,(H2,14,16). The van der Waals surface area contributed by atoms with Gasteiger partial charge in [0, 0.05) is 6.20 Å². The molecule has 4 heteroatoms. The fourth-order valence-corrected chi connectivity index (χ4v) is 1.91. The first-order chi connectivity index (χ1) is 8.25. The number of benzene rings is 1. The molecular weight excluding hydrogens is 212 g/mol. The zero-order valence-electron chi connectivity index (χ0n) is 9.46. The molecule has 0 aliphatic heterocycles. The molecule has 0 atom stereocenters. The van der Waals surface area contributed by atoms with Crippen LogP contribution in [0, 0.1) is 6.92 Å². The number of pyridine rings is 1. The van der Waals surface area contributed by atoms with Crippen LogP contribution in [0.1, 0.15) is 5.56 Å². The van der Waals surface area contributed by atoms with Crippen LogP contribution in [-0.2, 0) is 0 Å². The van der Waals surface area contributed by atoms with Crippen molar-refractivity contribution in [2.45, 2.75) is 6.92 Å².